The Hall–Kier alpha value is -3.21. The van der Waals surface area contributed by atoms with Crippen LogP contribution in [0.15, 0.2) is 48.7 Å². The number of aryl methyl sites for hydroxylation is 1. The molecule has 1 aliphatic rings. The second-order valence-corrected chi connectivity index (χ2v) is 6.97. The molecule has 2 amide bonds. The van der Waals surface area contributed by atoms with Crippen molar-refractivity contribution in [2.24, 2.45) is 11.5 Å². The van der Waals surface area contributed by atoms with E-state index < -0.39 is 11.3 Å². The first-order chi connectivity index (χ1) is 12.4. The van der Waals surface area contributed by atoms with Crippen molar-refractivity contribution in [1.29, 1.82) is 0 Å². The number of aromatic nitrogens is 1. The van der Waals surface area contributed by atoms with Gasteiger partial charge in [-0.2, -0.15) is 0 Å². The van der Waals surface area contributed by atoms with Crippen LogP contribution in [-0.2, 0) is 10.2 Å². The summed E-state index contributed by atoms with van der Waals surface area (Å²) < 4.78 is 0. The van der Waals surface area contributed by atoms with Crippen LogP contribution in [0.1, 0.15) is 34.5 Å². The van der Waals surface area contributed by atoms with Crippen molar-refractivity contribution in [3.63, 3.8) is 0 Å². The molecule has 0 aliphatic heterocycles. The molecular formula is C21H19N3O2. The van der Waals surface area contributed by atoms with Gasteiger partial charge in [-0.05, 0) is 66.1 Å². The zero-order valence-corrected chi connectivity index (χ0v) is 14.5. The van der Waals surface area contributed by atoms with E-state index in [0.29, 0.717) is 5.56 Å². The van der Waals surface area contributed by atoms with Gasteiger partial charge in [0, 0.05) is 17.1 Å². The van der Waals surface area contributed by atoms with Crippen LogP contribution < -0.4 is 11.5 Å². The molecule has 0 atom stereocenters. The molecule has 5 nitrogen and oxygen atoms in total. The van der Waals surface area contributed by atoms with E-state index in [-0.39, 0.29) is 5.91 Å². The van der Waals surface area contributed by atoms with E-state index in [4.69, 9.17) is 11.5 Å². The zero-order chi connectivity index (χ0) is 18.5. The summed E-state index contributed by atoms with van der Waals surface area (Å²) in [7, 11) is 0. The molecule has 1 aliphatic carbocycles. The van der Waals surface area contributed by atoms with Gasteiger partial charge in [0.05, 0.1) is 11.1 Å². The Bertz CT molecular complexity index is 1070. The normalized spacial score (nSPS) is 15.0. The molecule has 0 unspecified atom stereocenters. The Kier molecular flexibility index (Phi) is 3.54. The van der Waals surface area contributed by atoms with Gasteiger partial charge in [-0.3, -0.25) is 14.6 Å². The Morgan fingerprint density at radius 2 is 1.77 bits per heavy atom. The van der Waals surface area contributed by atoms with Gasteiger partial charge in [0.15, 0.2) is 0 Å². The summed E-state index contributed by atoms with van der Waals surface area (Å²) in [5.41, 5.74) is 14.6. The van der Waals surface area contributed by atoms with Crippen LogP contribution >= 0.6 is 0 Å². The summed E-state index contributed by atoms with van der Waals surface area (Å²) in [4.78, 5) is 27.7. The number of nitrogens with two attached hydrogens (primary N) is 2. The minimum atomic E-state index is -0.584. The van der Waals surface area contributed by atoms with Crippen LogP contribution in [0.4, 0.5) is 0 Å². The number of benzene rings is 2. The summed E-state index contributed by atoms with van der Waals surface area (Å²) in [5.74, 6) is -0.751. The first-order valence-electron chi connectivity index (χ1n) is 8.52. The van der Waals surface area contributed by atoms with E-state index in [1.165, 1.54) is 0 Å². The second kappa shape index (κ2) is 5.66. The first-order valence-corrected chi connectivity index (χ1v) is 8.52. The number of rotatable bonds is 4. The van der Waals surface area contributed by atoms with Gasteiger partial charge >= 0.3 is 0 Å². The van der Waals surface area contributed by atoms with Gasteiger partial charge in [0.1, 0.15) is 0 Å². The zero-order valence-electron chi connectivity index (χ0n) is 14.5. The van der Waals surface area contributed by atoms with Crippen LogP contribution in [0.2, 0.25) is 0 Å². The van der Waals surface area contributed by atoms with Gasteiger partial charge in [-0.1, -0.05) is 18.2 Å². The summed E-state index contributed by atoms with van der Waals surface area (Å²) >= 11 is 0. The van der Waals surface area contributed by atoms with Gasteiger partial charge < -0.3 is 11.5 Å². The predicted octanol–water partition coefficient (Wildman–Crippen LogP) is 2.83. The fourth-order valence-corrected chi connectivity index (χ4v) is 3.41. The van der Waals surface area contributed by atoms with Crippen LogP contribution in [0, 0.1) is 6.92 Å². The van der Waals surface area contributed by atoms with Crippen molar-refractivity contribution in [2.75, 3.05) is 0 Å². The second-order valence-electron chi connectivity index (χ2n) is 6.97. The molecule has 3 aromatic rings. The Morgan fingerprint density at radius 1 is 1.00 bits per heavy atom. The van der Waals surface area contributed by atoms with Crippen molar-refractivity contribution in [1.82, 2.24) is 4.98 Å². The molecular weight excluding hydrogens is 326 g/mol. The van der Waals surface area contributed by atoms with E-state index in [2.05, 4.69) is 4.98 Å². The summed E-state index contributed by atoms with van der Waals surface area (Å²) in [6.07, 6.45) is 3.31. The molecule has 0 spiro atoms. The topological polar surface area (TPSA) is 99.1 Å². The summed E-state index contributed by atoms with van der Waals surface area (Å²) in [6.45, 7) is 2.00. The number of pyridine rings is 1. The van der Waals surface area contributed by atoms with E-state index in [1.807, 2.05) is 43.3 Å². The third-order valence-corrected chi connectivity index (χ3v) is 5.27. The molecule has 130 valence electrons. The van der Waals surface area contributed by atoms with Crippen LogP contribution in [0.25, 0.3) is 21.9 Å². The number of carbonyl (C=O) groups excluding carboxylic acids is 2. The fourth-order valence-electron chi connectivity index (χ4n) is 3.41. The van der Waals surface area contributed by atoms with Crippen LogP contribution in [-0.4, -0.2) is 16.8 Å². The number of primary amides is 2. The third-order valence-electron chi connectivity index (χ3n) is 5.27. The molecule has 26 heavy (non-hydrogen) atoms. The lowest BCUT2D eigenvalue weighted by Gasteiger charge is -2.12. The average molecular weight is 345 g/mol. The maximum Gasteiger partial charge on any atom is 0.248 e. The molecule has 4 N–H and O–H groups in total. The monoisotopic (exact) mass is 345 g/mol. The van der Waals surface area contributed by atoms with Crippen molar-refractivity contribution in [3.8, 4) is 11.1 Å². The van der Waals surface area contributed by atoms with Crippen LogP contribution in [0.3, 0.4) is 0 Å². The van der Waals surface area contributed by atoms with Crippen molar-refractivity contribution in [2.45, 2.75) is 25.2 Å². The molecule has 1 saturated carbocycles. The lowest BCUT2D eigenvalue weighted by molar-refractivity contribution is -0.120. The van der Waals surface area contributed by atoms with Crippen molar-refractivity contribution >= 4 is 22.6 Å². The highest BCUT2D eigenvalue weighted by Crippen LogP contribution is 2.47. The fraction of sp³-hybridized carbons (Fsp3) is 0.190. The Balaban J connectivity index is 1.79. The van der Waals surface area contributed by atoms with Crippen molar-refractivity contribution in [3.05, 3.63) is 65.5 Å². The minimum Gasteiger partial charge on any atom is -0.369 e. The minimum absolute atomic E-state index is 0.306. The molecule has 1 fully saturated rings. The molecule has 1 aromatic heterocycles. The third kappa shape index (κ3) is 2.52. The predicted molar refractivity (Wildman–Crippen MR) is 101 cm³/mol. The molecule has 4 rings (SSSR count). The van der Waals surface area contributed by atoms with E-state index in [9.17, 15) is 9.59 Å². The highest BCUT2D eigenvalue weighted by Gasteiger charge is 2.51. The van der Waals surface area contributed by atoms with Gasteiger partial charge in [0.2, 0.25) is 11.8 Å². The smallest absolute Gasteiger partial charge is 0.248 e. The lowest BCUT2D eigenvalue weighted by atomic mass is 9.95. The number of carbonyl (C=O) groups is 2. The molecule has 2 aromatic carbocycles. The molecule has 0 bridgehead atoms. The van der Waals surface area contributed by atoms with Gasteiger partial charge in [-0.15, -0.1) is 0 Å². The van der Waals surface area contributed by atoms with E-state index >= 15 is 0 Å². The average Bonchev–Trinajstić information content (AvgIpc) is 3.43. The maximum atomic E-state index is 11.7. The van der Waals surface area contributed by atoms with Gasteiger partial charge in [-0.25, -0.2) is 0 Å². The van der Waals surface area contributed by atoms with Crippen molar-refractivity contribution < 1.29 is 9.59 Å². The highest BCUT2D eigenvalue weighted by molar-refractivity contribution is 5.96. The van der Waals surface area contributed by atoms with E-state index in [0.717, 1.165) is 46.0 Å². The molecule has 5 heteroatoms. The largest absolute Gasteiger partial charge is 0.369 e. The first kappa shape index (κ1) is 16.3. The quantitative estimate of drug-likeness (QED) is 0.760. The molecule has 0 saturated heterocycles. The summed E-state index contributed by atoms with van der Waals surface area (Å²) in [6, 6.07) is 13.4. The van der Waals surface area contributed by atoms with Gasteiger partial charge in [0.25, 0.3) is 0 Å². The lowest BCUT2D eigenvalue weighted by Crippen LogP contribution is -2.29. The number of hydrogen-bond acceptors (Lipinski definition) is 3. The summed E-state index contributed by atoms with van der Waals surface area (Å²) in [5, 5.41) is 1.98. The Morgan fingerprint density at radius 3 is 2.42 bits per heavy atom. The Labute approximate surface area is 151 Å². The number of hydrogen-bond donors (Lipinski definition) is 2. The SMILES string of the molecule is Cc1ccc(C(N)=O)cc1-c1ccc2cc(C3(C(N)=O)CC3)ncc2c1. The van der Waals surface area contributed by atoms with E-state index in [1.54, 1.807) is 12.3 Å². The molecule has 0 radical (unpaired) electrons. The number of fused-ring (bicyclic) bond motifs is 1. The number of amides is 2. The molecule has 1 heterocycles. The van der Waals surface area contributed by atoms with Crippen LogP contribution in [0.5, 0.6) is 0 Å². The number of nitrogens with zero attached hydrogens (tertiary/aromatic N) is 1. The highest BCUT2D eigenvalue weighted by atomic mass is 16.1. The standard InChI is InChI=1S/C21H19N3O2/c1-12-2-3-15(19(22)25)9-17(12)14-5-4-13-10-18(24-11-16(13)8-14)21(6-7-21)20(23)26/h2-5,8-11H,6-7H2,1H3,(H2,22,25)(H2,23,26). The maximum absolute atomic E-state index is 11.7.